The number of methoxy groups -OCH3 is 1. The number of carbonyl (C=O) groups is 4. The number of hydrogen-bond acceptors (Lipinski definition) is 10. The van der Waals surface area contributed by atoms with E-state index in [1.165, 1.54) is 19.4 Å². The number of halogens is 4. The molecule has 3 fully saturated rings. The van der Waals surface area contributed by atoms with Gasteiger partial charge in [0, 0.05) is 73.7 Å². The van der Waals surface area contributed by atoms with Gasteiger partial charge in [-0.15, -0.1) is 13.2 Å². The van der Waals surface area contributed by atoms with Crippen LogP contribution in [0, 0.1) is 17.3 Å². The Labute approximate surface area is 380 Å². The molecule has 2 aromatic carbocycles. The lowest BCUT2D eigenvalue weighted by molar-refractivity contribution is -0.274. The normalized spacial score (nSPS) is 20.0. The second-order valence-corrected chi connectivity index (χ2v) is 18.3. The van der Waals surface area contributed by atoms with Crippen LogP contribution in [0.15, 0.2) is 60.9 Å². The molecule has 0 radical (unpaired) electrons. The minimum atomic E-state index is -5.10. The zero-order valence-corrected chi connectivity index (χ0v) is 37.9. The fourth-order valence-corrected chi connectivity index (χ4v) is 9.11. The van der Waals surface area contributed by atoms with Gasteiger partial charge in [0.1, 0.15) is 23.4 Å². The number of hydrogen-bond donors (Lipinski definition) is 3. The number of pyridine rings is 1. The number of imidazole rings is 1. The number of likely N-dealkylation sites (tertiary alicyclic amines) is 1. The monoisotopic (exact) mass is 922 g/mol. The van der Waals surface area contributed by atoms with E-state index in [0.717, 1.165) is 6.07 Å². The van der Waals surface area contributed by atoms with Gasteiger partial charge >= 0.3 is 12.5 Å². The maximum Gasteiger partial charge on any atom is 0.573 e. The fraction of sp³-hybridized carbons (Fsp3) is 0.478. The van der Waals surface area contributed by atoms with E-state index in [-0.39, 0.29) is 51.4 Å². The number of aromatic amines is 1. The summed E-state index contributed by atoms with van der Waals surface area (Å²) in [5.74, 6) is -0.323. The summed E-state index contributed by atoms with van der Waals surface area (Å²) in [6.45, 7) is 12.8. The van der Waals surface area contributed by atoms with Crippen LogP contribution >= 0.6 is 11.6 Å². The van der Waals surface area contributed by atoms with Crippen LogP contribution in [-0.2, 0) is 19.1 Å². The molecule has 3 saturated heterocycles. The third-order valence-corrected chi connectivity index (χ3v) is 12.3. The lowest BCUT2D eigenvalue weighted by Gasteiger charge is -2.42. The molecule has 0 aliphatic carbocycles. The van der Waals surface area contributed by atoms with E-state index in [1.54, 1.807) is 47.5 Å². The number of rotatable bonds is 10. The number of H-pyrrole nitrogens is 1. The first-order chi connectivity index (χ1) is 30.8. The number of nitrogens with zero attached hydrogens (tertiary/aromatic N) is 5. The Balaban J connectivity index is 1.06. The number of nitrogens with one attached hydrogen (secondary N) is 3. The van der Waals surface area contributed by atoms with Gasteiger partial charge in [0.15, 0.2) is 0 Å². The van der Waals surface area contributed by atoms with Gasteiger partial charge in [-0.25, -0.2) is 14.8 Å². The van der Waals surface area contributed by atoms with Crippen LogP contribution in [0.4, 0.5) is 29.5 Å². The van der Waals surface area contributed by atoms with Crippen LogP contribution < -0.4 is 20.3 Å². The van der Waals surface area contributed by atoms with E-state index in [4.69, 9.17) is 26.1 Å². The smallest absolute Gasteiger partial charge is 0.453 e. The Kier molecular flexibility index (Phi) is 14.0. The molecule has 0 spiro atoms. The minimum absolute atomic E-state index is 0.0125. The second-order valence-electron chi connectivity index (χ2n) is 17.9. The van der Waals surface area contributed by atoms with Crippen molar-refractivity contribution in [2.45, 2.75) is 78.4 Å². The lowest BCUT2D eigenvalue weighted by Crippen LogP contribution is -2.56. The number of anilines is 2. The van der Waals surface area contributed by atoms with Crippen molar-refractivity contribution in [2.24, 2.45) is 17.3 Å². The third-order valence-electron chi connectivity index (χ3n) is 12.0. The van der Waals surface area contributed by atoms with Gasteiger partial charge in [0.2, 0.25) is 11.8 Å². The van der Waals surface area contributed by atoms with Crippen molar-refractivity contribution in [3.63, 3.8) is 0 Å². The maximum absolute atomic E-state index is 14.1. The average Bonchev–Trinajstić information content (AvgIpc) is 3.92. The van der Waals surface area contributed by atoms with Crippen LogP contribution in [-0.4, -0.2) is 114 Å². The zero-order valence-electron chi connectivity index (χ0n) is 37.1. The van der Waals surface area contributed by atoms with Gasteiger partial charge in [-0.2, -0.15) is 0 Å². The molecule has 5 heterocycles. The topological polar surface area (TPSA) is 171 Å². The van der Waals surface area contributed by atoms with Crippen LogP contribution in [0.25, 0.3) is 22.4 Å². The molecular weight excluding hydrogens is 869 g/mol. The molecule has 3 aliphatic heterocycles. The minimum Gasteiger partial charge on any atom is -0.453 e. The molecule has 19 heteroatoms. The number of amides is 4. The molecule has 348 valence electrons. The third kappa shape index (κ3) is 11.0. The highest BCUT2D eigenvalue weighted by Gasteiger charge is 2.42. The predicted octanol–water partition coefficient (Wildman–Crippen LogP) is 8.09. The Bertz CT molecular complexity index is 2370. The summed E-state index contributed by atoms with van der Waals surface area (Å²) in [5.41, 5.74) is 1.02. The maximum atomic E-state index is 14.1. The summed E-state index contributed by atoms with van der Waals surface area (Å²) in [5, 5.41) is 5.28. The average molecular weight is 923 g/mol. The highest BCUT2D eigenvalue weighted by molar-refractivity contribution is 6.34. The highest BCUT2D eigenvalue weighted by atomic mass is 35.5. The van der Waals surface area contributed by atoms with Crippen molar-refractivity contribution in [2.75, 3.05) is 56.7 Å². The van der Waals surface area contributed by atoms with Gasteiger partial charge in [-0.3, -0.25) is 14.4 Å². The number of alkyl halides is 3. The summed E-state index contributed by atoms with van der Waals surface area (Å²) in [6.07, 6.45) is -0.786. The molecule has 65 heavy (non-hydrogen) atoms. The van der Waals surface area contributed by atoms with E-state index < -0.39 is 41.6 Å². The predicted molar refractivity (Wildman–Crippen MR) is 237 cm³/mol. The summed E-state index contributed by atoms with van der Waals surface area (Å²) in [7, 11) is 1.25. The van der Waals surface area contributed by atoms with Crippen molar-refractivity contribution in [3.8, 4) is 28.1 Å². The molecule has 4 amide bonds. The molecule has 1 unspecified atom stereocenters. The highest BCUT2D eigenvalue weighted by Crippen LogP contribution is 2.42. The van der Waals surface area contributed by atoms with Gasteiger partial charge in [-0.05, 0) is 67.9 Å². The van der Waals surface area contributed by atoms with Crippen LogP contribution in [0.1, 0.15) is 76.1 Å². The fourth-order valence-electron chi connectivity index (χ4n) is 8.79. The molecular formula is C46H54ClF3N8O7. The van der Waals surface area contributed by atoms with Gasteiger partial charge in [0.25, 0.3) is 5.91 Å². The molecule has 2 aromatic heterocycles. The molecule has 0 bridgehead atoms. The molecule has 4 atom stereocenters. The SMILES string of the molecule is COC(=O)NC(C(=O)N1C[C@@H](C)C[C@H]1c1nc(-c2ccc(-c3c(Cl)cc(C(=O)Nc4ccc(N5CCN(C(=O)C(C)(C)C)C[C@H]5C)nc4)cc3OC(F)(F)F)cc2)c[nH]1)C1CCOCC1. The van der Waals surface area contributed by atoms with E-state index in [0.29, 0.717) is 87.2 Å². The standard InChI is InChI=1S/C46H54ClF3N8O7/c1-26-19-35(58(24-26)42(60)39(55-44(62)63-6)30-13-17-64-18-14-30)40-52-23-34(54-40)28-7-9-29(10-8-28)38-33(47)20-31(21-36(38)65-46(48,49)50)41(59)53-32-11-12-37(51-22-32)57-16-15-56(25-27(57)2)43(61)45(3,4)5/h7-12,20-23,26-27,30,35,39H,13-19,24-25H2,1-6H3,(H,52,54)(H,53,59)(H,55,62)/t26-,27+,35-,39?/m0/s1. The van der Waals surface area contributed by atoms with Gasteiger partial charge in [-0.1, -0.05) is 63.6 Å². The van der Waals surface area contributed by atoms with Crippen molar-refractivity contribution >= 4 is 46.9 Å². The number of aromatic nitrogens is 3. The van der Waals surface area contributed by atoms with Crippen molar-refractivity contribution in [1.82, 2.24) is 30.1 Å². The Morgan fingerprint density at radius 3 is 2.31 bits per heavy atom. The molecule has 7 rings (SSSR count). The zero-order chi connectivity index (χ0) is 46.8. The van der Waals surface area contributed by atoms with E-state index in [9.17, 15) is 32.3 Å². The summed E-state index contributed by atoms with van der Waals surface area (Å²) in [6, 6.07) is 10.9. The number of ether oxygens (including phenoxy) is 3. The summed E-state index contributed by atoms with van der Waals surface area (Å²) < 4.78 is 56.3. The summed E-state index contributed by atoms with van der Waals surface area (Å²) in [4.78, 5) is 71.0. The van der Waals surface area contributed by atoms with Crippen LogP contribution in [0.2, 0.25) is 5.02 Å². The largest absolute Gasteiger partial charge is 0.573 e. The van der Waals surface area contributed by atoms with Crippen molar-refractivity contribution < 1.29 is 46.6 Å². The summed E-state index contributed by atoms with van der Waals surface area (Å²) >= 11 is 6.66. The van der Waals surface area contributed by atoms with Crippen LogP contribution in [0.5, 0.6) is 5.75 Å². The Hall–Kier alpha value is -5.88. The first-order valence-corrected chi connectivity index (χ1v) is 22.0. The molecule has 3 N–H and O–H groups in total. The first-order valence-electron chi connectivity index (χ1n) is 21.6. The second kappa shape index (κ2) is 19.3. The molecule has 4 aromatic rings. The van der Waals surface area contributed by atoms with Crippen LogP contribution in [0.3, 0.4) is 0 Å². The molecule has 0 saturated carbocycles. The van der Waals surface area contributed by atoms with Gasteiger partial charge < -0.3 is 44.5 Å². The van der Waals surface area contributed by atoms with Crippen molar-refractivity contribution in [3.05, 3.63) is 77.3 Å². The lowest BCUT2D eigenvalue weighted by atomic mass is 9.90. The number of carbonyl (C=O) groups excluding carboxylic acids is 4. The van der Waals surface area contributed by atoms with E-state index in [2.05, 4.69) is 30.2 Å². The van der Waals surface area contributed by atoms with E-state index in [1.807, 2.05) is 39.5 Å². The van der Waals surface area contributed by atoms with E-state index >= 15 is 0 Å². The molecule has 15 nitrogen and oxygen atoms in total. The molecule has 3 aliphatic rings. The number of piperazine rings is 1. The quantitative estimate of drug-likeness (QED) is 0.141. The van der Waals surface area contributed by atoms with Crippen molar-refractivity contribution in [1.29, 1.82) is 0 Å². The first kappa shape index (κ1) is 47.1. The Morgan fingerprint density at radius 1 is 0.969 bits per heavy atom. The number of benzene rings is 2. The Morgan fingerprint density at radius 2 is 1.68 bits per heavy atom. The number of alkyl carbamates (subject to hydrolysis) is 1. The van der Waals surface area contributed by atoms with Gasteiger partial charge in [0.05, 0.1) is 35.8 Å².